The topological polar surface area (TPSA) is 64.6 Å². The fourth-order valence-electron chi connectivity index (χ4n) is 2.82. The van der Waals surface area contributed by atoms with Crippen LogP contribution in [0.15, 0.2) is 24.3 Å². The van der Waals surface area contributed by atoms with Crippen molar-refractivity contribution in [3.8, 4) is 0 Å². The predicted octanol–water partition coefficient (Wildman–Crippen LogP) is 1.75. The maximum atomic E-state index is 11.9. The van der Waals surface area contributed by atoms with Gasteiger partial charge in [-0.25, -0.2) is 4.79 Å². The largest absolute Gasteiger partial charge is 0.396 e. The second-order valence-corrected chi connectivity index (χ2v) is 6.64. The lowest BCUT2D eigenvalue weighted by molar-refractivity contribution is 0.180. The van der Waals surface area contributed by atoms with Gasteiger partial charge in [-0.3, -0.25) is 4.90 Å². The van der Waals surface area contributed by atoms with Crippen molar-refractivity contribution in [3.05, 3.63) is 35.4 Å². The molecule has 3 N–H and O–H groups in total. The molecule has 128 valence electrons. The molecular formula is C18H29N3O2. The highest BCUT2D eigenvalue weighted by Gasteiger charge is 2.21. The number of nitrogens with one attached hydrogen (secondary N) is 2. The summed E-state index contributed by atoms with van der Waals surface area (Å²) < 4.78 is 0. The highest BCUT2D eigenvalue weighted by Crippen LogP contribution is 2.19. The minimum absolute atomic E-state index is 0.0443. The van der Waals surface area contributed by atoms with Gasteiger partial charge in [0.1, 0.15) is 0 Å². The van der Waals surface area contributed by atoms with Crippen LogP contribution in [0.25, 0.3) is 0 Å². The maximum Gasteiger partial charge on any atom is 0.315 e. The Balaban J connectivity index is 1.77. The Bertz CT molecular complexity index is 521. The van der Waals surface area contributed by atoms with Crippen molar-refractivity contribution < 1.29 is 9.90 Å². The normalized spacial score (nSPS) is 18.6. The van der Waals surface area contributed by atoms with E-state index in [1.165, 1.54) is 11.1 Å². The van der Waals surface area contributed by atoms with Crippen molar-refractivity contribution in [3.63, 3.8) is 0 Å². The zero-order valence-electron chi connectivity index (χ0n) is 14.4. The molecule has 0 spiro atoms. The van der Waals surface area contributed by atoms with E-state index in [1.54, 1.807) is 0 Å². The molecule has 1 aromatic carbocycles. The molecule has 2 amide bonds. The van der Waals surface area contributed by atoms with Crippen molar-refractivity contribution in [2.75, 3.05) is 19.7 Å². The number of amides is 2. The summed E-state index contributed by atoms with van der Waals surface area (Å²) in [5.41, 5.74) is 2.83. The average Bonchev–Trinajstić information content (AvgIpc) is 2.58. The van der Waals surface area contributed by atoms with Crippen LogP contribution in [0.4, 0.5) is 4.79 Å². The van der Waals surface area contributed by atoms with Crippen LogP contribution >= 0.6 is 0 Å². The molecule has 1 aliphatic heterocycles. The summed E-state index contributed by atoms with van der Waals surface area (Å²) in [6.07, 6.45) is 1.07. The molecule has 0 bridgehead atoms. The molecule has 0 fully saturated rings. The second kappa shape index (κ2) is 8.31. The third kappa shape index (κ3) is 4.94. The van der Waals surface area contributed by atoms with Crippen molar-refractivity contribution in [1.29, 1.82) is 0 Å². The van der Waals surface area contributed by atoms with E-state index in [2.05, 4.69) is 46.7 Å². The number of carbonyl (C=O) groups is 1. The van der Waals surface area contributed by atoms with Crippen LogP contribution in [0.5, 0.6) is 0 Å². The fourth-order valence-corrected chi connectivity index (χ4v) is 2.82. The van der Waals surface area contributed by atoms with E-state index in [4.69, 9.17) is 5.11 Å². The van der Waals surface area contributed by atoms with Crippen LogP contribution < -0.4 is 10.6 Å². The fraction of sp³-hybridized carbons (Fsp3) is 0.611. The standard InChI is InChI=1S/C18H29N3O2/c1-13(12-22)15(3)20-18(23)19-10-14(2)21-9-8-16-6-4-5-7-17(16)11-21/h4-7,13-15,22H,8-12H2,1-3H3,(H2,19,20,23)/t13-,14+,15-/m1/s1. The first-order valence-corrected chi connectivity index (χ1v) is 8.47. The molecular weight excluding hydrogens is 290 g/mol. The van der Waals surface area contributed by atoms with Crippen LogP contribution in [0.3, 0.4) is 0 Å². The molecule has 5 heteroatoms. The summed E-state index contributed by atoms with van der Waals surface area (Å²) in [6, 6.07) is 8.65. The van der Waals surface area contributed by atoms with Gasteiger partial charge >= 0.3 is 6.03 Å². The van der Waals surface area contributed by atoms with E-state index >= 15 is 0 Å². The van der Waals surface area contributed by atoms with Crippen LogP contribution in [0.2, 0.25) is 0 Å². The van der Waals surface area contributed by atoms with Crippen LogP contribution in [0.1, 0.15) is 31.9 Å². The van der Waals surface area contributed by atoms with Gasteiger partial charge in [0.25, 0.3) is 0 Å². The molecule has 0 aliphatic carbocycles. The van der Waals surface area contributed by atoms with E-state index in [1.807, 2.05) is 13.8 Å². The van der Waals surface area contributed by atoms with Crippen LogP contribution in [-0.4, -0.2) is 47.8 Å². The van der Waals surface area contributed by atoms with Gasteiger partial charge < -0.3 is 15.7 Å². The quantitative estimate of drug-likeness (QED) is 0.748. The zero-order valence-corrected chi connectivity index (χ0v) is 14.4. The number of benzene rings is 1. The number of fused-ring (bicyclic) bond motifs is 1. The monoisotopic (exact) mass is 319 g/mol. The van der Waals surface area contributed by atoms with Gasteiger partial charge in [-0.1, -0.05) is 31.2 Å². The highest BCUT2D eigenvalue weighted by molar-refractivity contribution is 5.74. The first kappa shape index (κ1) is 17.8. The average molecular weight is 319 g/mol. The number of hydrogen-bond donors (Lipinski definition) is 3. The summed E-state index contributed by atoms with van der Waals surface area (Å²) in [7, 11) is 0. The number of urea groups is 1. The van der Waals surface area contributed by atoms with E-state index < -0.39 is 0 Å². The lowest BCUT2D eigenvalue weighted by Gasteiger charge is -2.34. The van der Waals surface area contributed by atoms with E-state index in [-0.39, 0.29) is 24.6 Å². The Hall–Kier alpha value is -1.59. The third-order valence-corrected chi connectivity index (χ3v) is 4.84. The lowest BCUT2D eigenvalue weighted by atomic mass is 9.99. The molecule has 2 rings (SSSR count). The molecule has 0 unspecified atom stereocenters. The smallest absolute Gasteiger partial charge is 0.315 e. The van der Waals surface area contributed by atoms with Gasteiger partial charge in [-0.05, 0) is 37.3 Å². The van der Waals surface area contributed by atoms with Gasteiger partial charge in [0, 0.05) is 38.3 Å². The number of nitrogens with zero attached hydrogens (tertiary/aromatic N) is 1. The van der Waals surface area contributed by atoms with Gasteiger partial charge in [0.15, 0.2) is 0 Å². The number of rotatable bonds is 6. The van der Waals surface area contributed by atoms with E-state index in [0.29, 0.717) is 12.6 Å². The summed E-state index contributed by atoms with van der Waals surface area (Å²) in [4.78, 5) is 14.3. The van der Waals surface area contributed by atoms with Crippen LogP contribution in [0, 0.1) is 5.92 Å². The van der Waals surface area contributed by atoms with Crippen LogP contribution in [-0.2, 0) is 13.0 Å². The first-order chi connectivity index (χ1) is 11.0. The summed E-state index contributed by atoms with van der Waals surface area (Å²) in [6.45, 7) is 8.63. The molecule has 0 radical (unpaired) electrons. The molecule has 1 aromatic rings. The minimum Gasteiger partial charge on any atom is -0.396 e. The zero-order chi connectivity index (χ0) is 16.8. The summed E-state index contributed by atoms with van der Waals surface area (Å²) in [5, 5.41) is 14.9. The van der Waals surface area contributed by atoms with Gasteiger partial charge in [-0.15, -0.1) is 0 Å². The Morgan fingerprint density at radius 1 is 1.26 bits per heavy atom. The molecule has 1 heterocycles. The Kier molecular flexibility index (Phi) is 6.42. The number of aliphatic hydroxyl groups excluding tert-OH is 1. The van der Waals surface area contributed by atoms with Crippen molar-refractivity contribution in [2.24, 2.45) is 5.92 Å². The van der Waals surface area contributed by atoms with Gasteiger partial charge in [0.2, 0.25) is 0 Å². The number of hydrogen-bond acceptors (Lipinski definition) is 3. The SMILES string of the molecule is C[C@H](CO)[C@@H](C)NC(=O)NC[C@H](C)N1CCc2ccccc2C1. The second-order valence-electron chi connectivity index (χ2n) is 6.64. The van der Waals surface area contributed by atoms with Crippen molar-refractivity contribution >= 4 is 6.03 Å². The molecule has 0 saturated heterocycles. The Morgan fingerprint density at radius 3 is 2.65 bits per heavy atom. The first-order valence-electron chi connectivity index (χ1n) is 8.47. The lowest BCUT2D eigenvalue weighted by Crippen LogP contribution is -2.49. The molecule has 0 saturated carbocycles. The van der Waals surface area contributed by atoms with E-state index in [0.717, 1.165) is 19.5 Å². The molecule has 0 aromatic heterocycles. The maximum absolute atomic E-state index is 11.9. The third-order valence-electron chi connectivity index (χ3n) is 4.84. The molecule has 3 atom stereocenters. The number of carbonyl (C=O) groups excluding carboxylic acids is 1. The van der Waals surface area contributed by atoms with Gasteiger partial charge in [-0.2, -0.15) is 0 Å². The minimum atomic E-state index is -0.165. The summed E-state index contributed by atoms with van der Waals surface area (Å²) >= 11 is 0. The molecule has 5 nitrogen and oxygen atoms in total. The Morgan fingerprint density at radius 2 is 1.96 bits per heavy atom. The molecule has 23 heavy (non-hydrogen) atoms. The van der Waals surface area contributed by atoms with E-state index in [9.17, 15) is 4.79 Å². The Labute approximate surface area is 139 Å². The molecule has 1 aliphatic rings. The number of aliphatic hydroxyl groups is 1. The predicted molar refractivity (Wildman–Crippen MR) is 92.3 cm³/mol. The van der Waals surface area contributed by atoms with Crippen molar-refractivity contribution in [1.82, 2.24) is 15.5 Å². The highest BCUT2D eigenvalue weighted by atomic mass is 16.3. The van der Waals surface area contributed by atoms with Gasteiger partial charge in [0.05, 0.1) is 0 Å². The van der Waals surface area contributed by atoms with Crippen molar-refractivity contribution in [2.45, 2.75) is 45.8 Å². The summed E-state index contributed by atoms with van der Waals surface area (Å²) in [5.74, 6) is 0.0526.